The summed E-state index contributed by atoms with van der Waals surface area (Å²) in [5, 5.41) is 5.01. The first-order valence-corrected chi connectivity index (χ1v) is 8.35. The minimum absolute atomic E-state index is 0.427. The molecule has 2 aromatic rings. The first kappa shape index (κ1) is 15.5. The zero-order valence-electron chi connectivity index (χ0n) is 11.5. The van der Waals surface area contributed by atoms with Gasteiger partial charge in [0.2, 0.25) is 0 Å². The Kier molecular flexibility index (Phi) is 5.60. The van der Waals surface area contributed by atoms with Crippen LogP contribution in [0.15, 0.2) is 29.0 Å². The second-order valence-corrected chi connectivity index (χ2v) is 6.34. The molecule has 0 unspecified atom stereocenters. The van der Waals surface area contributed by atoms with Crippen molar-refractivity contribution in [3.05, 3.63) is 40.4 Å². The quantitative estimate of drug-likeness (QED) is 0.680. The first-order valence-electron chi connectivity index (χ1n) is 6.44. The highest BCUT2D eigenvalue weighted by Crippen LogP contribution is 2.25. The monoisotopic (exact) mass is 401 g/mol. The number of benzene rings is 1. The van der Waals surface area contributed by atoms with Gasteiger partial charge < -0.3 is 4.74 Å². The Hall–Kier alpha value is -0.880. The van der Waals surface area contributed by atoms with Crippen molar-refractivity contribution in [1.29, 1.82) is 0 Å². The van der Waals surface area contributed by atoms with Gasteiger partial charge in [-0.2, -0.15) is 5.10 Å². The second-order valence-electron chi connectivity index (χ2n) is 4.93. The van der Waals surface area contributed by atoms with Crippen LogP contribution in [0.5, 0.6) is 5.75 Å². The number of halogens is 2. The fraction of sp³-hybridized carbons (Fsp3) is 0.429. The van der Waals surface area contributed by atoms with E-state index in [0.29, 0.717) is 12.5 Å². The molecule has 1 aromatic heterocycles. The largest absolute Gasteiger partial charge is 0.486 e. The van der Waals surface area contributed by atoms with Gasteiger partial charge in [0.1, 0.15) is 18.7 Å². The average Bonchev–Trinajstić information content (AvgIpc) is 2.84. The first-order chi connectivity index (χ1) is 9.60. The van der Waals surface area contributed by atoms with Crippen molar-refractivity contribution < 1.29 is 4.74 Å². The van der Waals surface area contributed by atoms with E-state index in [1.165, 1.54) is 0 Å². The van der Waals surface area contributed by atoms with E-state index in [1.54, 1.807) is 6.33 Å². The summed E-state index contributed by atoms with van der Waals surface area (Å²) in [6, 6.07) is 5.95. The molecule has 0 N–H and O–H groups in total. The van der Waals surface area contributed by atoms with E-state index in [0.717, 1.165) is 33.5 Å². The number of rotatable bonds is 6. The molecular formula is C14H17Br2N3O. The third kappa shape index (κ3) is 4.06. The summed E-state index contributed by atoms with van der Waals surface area (Å²) in [7, 11) is 0. The highest BCUT2D eigenvalue weighted by Gasteiger charge is 2.08. The Morgan fingerprint density at radius 1 is 1.35 bits per heavy atom. The molecule has 2 rings (SSSR count). The van der Waals surface area contributed by atoms with Gasteiger partial charge in [-0.05, 0) is 29.7 Å². The van der Waals surface area contributed by atoms with Crippen molar-refractivity contribution in [2.75, 3.05) is 0 Å². The van der Waals surface area contributed by atoms with Crippen molar-refractivity contribution in [2.45, 2.75) is 32.3 Å². The van der Waals surface area contributed by atoms with E-state index in [-0.39, 0.29) is 0 Å². The molecule has 1 heterocycles. The number of alkyl halides is 1. The van der Waals surface area contributed by atoms with Crippen LogP contribution in [0.4, 0.5) is 0 Å². The summed E-state index contributed by atoms with van der Waals surface area (Å²) >= 11 is 6.97. The molecule has 0 fully saturated rings. The number of hydrogen-bond acceptors (Lipinski definition) is 3. The molecule has 6 heteroatoms. The van der Waals surface area contributed by atoms with Crippen molar-refractivity contribution in [2.24, 2.45) is 5.92 Å². The standard InChI is InChI=1S/C14H17Br2N3O/c1-10(2)7-19-14(17-9-18-19)8-20-12-3-4-13(16)11(5-12)6-15/h3-5,9-10H,6-8H2,1-2H3. The summed E-state index contributed by atoms with van der Waals surface area (Å²) in [6.07, 6.45) is 1.58. The predicted octanol–water partition coefficient (Wildman–Crippen LogP) is 4.17. The van der Waals surface area contributed by atoms with Gasteiger partial charge in [-0.1, -0.05) is 45.7 Å². The number of nitrogens with zero attached hydrogens (tertiary/aromatic N) is 3. The number of ether oxygens (including phenoxy) is 1. The lowest BCUT2D eigenvalue weighted by atomic mass is 10.2. The molecule has 0 atom stereocenters. The smallest absolute Gasteiger partial charge is 0.164 e. The molecule has 4 nitrogen and oxygen atoms in total. The lowest BCUT2D eigenvalue weighted by molar-refractivity contribution is 0.282. The van der Waals surface area contributed by atoms with Crippen molar-refractivity contribution in [1.82, 2.24) is 14.8 Å². The van der Waals surface area contributed by atoms with E-state index >= 15 is 0 Å². The molecule has 0 amide bonds. The van der Waals surface area contributed by atoms with Gasteiger partial charge in [0.25, 0.3) is 0 Å². The van der Waals surface area contributed by atoms with Crippen molar-refractivity contribution >= 4 is 31.9 Å². The van der Waals surface area contributed by atoms with Crippen molar-refractivity contribution in [3.8, 4) is 5.75 Å². The van der Waals surface area contributed by atoms with E-state index in [2.05, 4.69) is 55.8 Å². The van der Waals surface area contributed by atoms with Crippen LogP contribution in [0, 0.1) is 5.92 Å². The van der Waals surface area contributed by atoms with Gasteiger partial charge in [-0.3, -0.25) is 0 Å². The maximum absolute atomic E-state index is 5.81. The third-order valence-electron chi connectivity index (χ3n) is 2.76. The number of hydrogen-bond donors (Lipinski definition) is 0. The maximum atomic E-state index is 5.81. The minimum Gasteiger partial charge on any atom is -0.486 e. The molecule has 0 aliphatic carbocycles. The molecule has 0 saturated heterocycles. The van der Waals surface area contributed by atoms with E-state index in [1.807, 2.05) is 22.9 Å². The molecule has 0 bridgehead atoms. The molecule has 0 aliphatic heterocycles. The van der Waals surface area contributed by atoms with Crippen LogP contribution >= 0.6 is 31.9 Å². The maximum Gasteiger partial charge on any atom is 0.164 e. The van der Waals surface area contributed by atoms with Crippen molar-refractivity contribution in [3.63, 3.8) is 0 Å². The molecule has 0 saturated carbocycles. The topological polar surface area (TPSA) is 39.9 Å². The third-order valence-corrected chi connectivity index (χ3v) is 4.14. The molecule has 1 aromatic carbocycles. The lowest BCUT2D eigenvalue weighted by Crippen LogP contribution is -2.12. The Bertz CT molecular complexity index is 569. The van der Waals surface area contributed by atoms with E-state index in [4.69, 9.17) is 4.74 Å². The Balaban J connectivity index is 2.03. The molecule has 0 radical (unpaired) electrons. The zero-order valence-corrected chi connectivity index (χ0v) is 14.7. The summed E-state index contributed by atoms with van der Waals surface area (Å²) in [5.41, 5.74) is 1.16. The van der Waals surface area contributed by atoms with Gasteiger partial charge in [-0.25, -0.2) is 9.67 Å². The molecular weight excluding hydrogens is 386 g/mol. The minimum atomic E-state index is 0.427. The Morgan fingerprint density at radius 3 is 2.85 bits per heavy atom. The second kappa shape index (κ2) is 7.22. The van der Waals surface area contributed by atoms with Crippen LogP contribution < -0.4 is 4.74 Å². The SMILES string of the molecule is CC(C)Cn1ncnc1COc1ccc(Br)c(CBr)c1. The fourth-order valence-corrected chi connectivity index (χ4v) is 3.02. The summed E-state index contributed by atoms with van der Waals surface area (Å²) in [6.45, 7) is 5.59. The van der Waals surface area contributed by atoms with Crippen LogP contribution in [0.1, 0.15) is 25.2 Å². The van der Waals surface area contributed by atoms with Crippen LogP contribution in [0.25, 0.3) is 0 Å². The van der Waals surface area contributed by atoms with Crippen LogP contribution in [-0.4, -0.2) is 14.8 Å². The summed E-state index contributed by atoms with van der Waals surface area (Å²) in [5.74, 6) is 2.21. The van der Waals surface area contributed by atoms with Crippen LogP contribution in [0.2, 0.25) is 0 Å². The summed E-state index contributed by atoms with van der Waals surface area (Å²) in [4.78, 5) is 4.25. The van der Waals surface area contributed by atoms with Gasteiger partial charge in [0, 0.05) is 16.3 Å². The predicted molar refractivity (Wildman–Crippen MR) is 86.0 cm³/mol. The highest BCUT2D eigenvalue weighted by atomic mass is 79.9. The van der Waals surface area contributed by atoms with Gasteiger partial charge in [0.05, 0.1) is 0 Å². The summed E-state index contributed by atoms with van der Waals surface area (Å²) < 4.78 is 8.78. The van der Waals surface area contributed by atoms with E-state index in [9.17, 15) is 0 Å². The number of aromatic nitrogens is 3. The lowest BCUT2D eigenvalue weighted by Gasteiger charge is -2.10. The molecule has 108 valence electrons. The zero-order chi connectivity index (χ0) is 14.5. The normalized spacial score (nSPS) is 11.1. The average molecular weight is 403 g/mol. The Labute approximate surface area is 135 Å². The molecule has 20 heavy (non-hydrogen) atoms. The molecule has 0 aliphatic rings. The highest BCUT2D eigenvalue weighted by molar-refractivity contribution is 9.10. The van der Waals surface area contributed by atoms with Gasteiger partial charge >= 0.3 is 0 Å². The Morgan fingerprint density at radius 2 is 2.15 bits per heavy atom. The van der Waals surface area contributed by atoms with Gasteiger partial charge in [0.15, 0.2) is 5.82 Å². The van der Waals surface area contributed by atoms with Crippen LogP contribution in [-0.2, 0) is 18.5 Å². The van der Waals surface area contributed by atoms with Crippen LogP contribution in [0.3, 0.4) is 0 Å². The fourth-order valence-electron chi connectivity index (χ4n) is 1.79. The molecule has 0 spiro atoms. The van der Waals surface area contributed by atoms with Gasteiger partial charge in [-0.15, -0.1) is 0 Å². The van der Waals surface area contributed by atoms with E-state index < -0.39 is 0 Å².